The Morgan fingerprint density at radius 3 is 2.83 bits per heavy atom. The van der Waals surface area contributed by atoms with Crippen LogP contribution in [0.15, 0.2) is 12.4 Å². The second kappa shape index (κ2) is 6.25. The van der Waals surface area contributed by atoms with Gasteiger partial charge in [0.05, 0.1) is 17.4 Å². The van der Waals surface area contributed by atoms with Crippen molar-refractivity contribution in [2.75, 3.05) is 19.6 Å². The molecule has 2 atom stereocenters. The smallest absolute Gasteiger partial charge is 0.0784 e. The second-order valence-electron chi connectivity index (χ2n) is 5.08. The molecule has 0 radical (unpaired) electrons. The third-order valence-electron chi connectivity index (χ3n) is 3.89. The number of hydrogen-bond donors (Lipinski definition) is 1. The van der Waals surface area contributed by atoms with E-state index < -0.39 is 0 Å². The van der Waals surface area contributed by atoms with Crippen LogP contribution in [0, 0.1) is 6.92 Å². The van der Waals surface area contributed by atoms with Crippen LogP contribution in [-0.2, 0) is 0 Å². The van der Waals surface area contributed by atoms with E-state index in [9.17, 15) is 0 Å². The van der Waals surface area contributed by atoms with Crippen molar-refractivity contribution in [3.8, 4) is 0 Å². The number of nitrogens with zero attached hydrogens (tertiary/aromatic N) is 3. The van der Waals surface area contributed by atoms with Crippen molar-refractivity contribution in [2.45, 2.75) is 45.7 Å². The average Bonchev–Trinajstić information content (AvgIpc) is 2.88. The molecule has 0 saturated carbocycles. The molecule has 4 nitrogen and oxygen atoms in total. The highest BCUT2D eigenvalue weighted by Crippen LogP contribution is 2.21. The van der Waals surface area contributed by atoms with Gasteiger partial charge < -0.3 is 5.32 Å². The van der Waals surface area contributed by atoms with Gasteiger partial charge in [-0.05, 0) is 39.8 Å². The minimum absolute atomic E-state index is 0.339. The molecule has 2 heterocycles. The van der Waals surface area contributed by atoms with Gasteiger partial charge in [0.15, 0.2) is 0 Å². The fraction of sp³-hybridized carbons (Fsp3) is 0.714. The molecular formula is C14H24N4. The first-order valence-corrected chi connectivity index (χ1v) is 6.97. The average molecular weight is 248 g/mol. The van der Waals surface area contributed by atoms with Gasteiger partial charge in [-0.3, -0.25) is 14.9 Å². The highest BCUT2D eigenvalue weighted by atomic mass is 15.2. The van der Waals surface area contributed by atoms with E-state index in [1.807, 2.05) is 6.92 Å². The van der Waals surface area contributed by atoms with E-state index in [0.717, 1.165) is 24.5 Å². The molecule has 1 aromatic rings. The van der Waals surface area contributed by atoms with Crippen molar-refractivity contribution in [3.05, 3.63) is 23.8 Å². The van der Waals surface area contributed by atoms with Crippen molar-refractivity contribution >= 4 is 0 Å². The van der Waals surface area contributed by atoms with Gasteiger partial charge in [0, 0.05) is 25.0 Å². The number of hydrogen-bond acceptors (Lipinski definition) is 4. The summed E-state index contributed by atoms with van der Waals surface area (Å²) in [5.41, 5.74) is 2.15. The molecule has 1 aromatic heterocycles. The Hall–Kier alpha value is -1.00. The SMILES string of the molecule is CCN(CC1CCCN1)C(C)c1nccnc1C. The molecule has 0 amide bonds. The fourth-order valence-electron chi connectivity index (χ4n) is 2.76. The normalized spacial score (nSPS) is 21.4. The third kappa shape index (κ3) is 3.06. The largest absolute Gasteiger partial charge is 0.313 e. The molecule has 1 aliphatic rings. The number of likely N-dealkylation sites (N-methyl/N-ethyl adjacent to an activating group) is 1. The minimum Gasteiger partial charge on any atom is -0.313 e. The maximum Gasteiger partial charge on any atom is 0.0784 e. The van der Waals surface area contributed by atoms with Crippen molar-refractivity contribution in [1.29, 1.82) is 0 Å². The van der Waals surface area contributed by atoms with Crippen molar-refractivity contribution in [2.24, 2.45) is 0 Å². The summed E-state index contributed by atoms with van der Waals surface area (Å²) in [6.07, 6.45) is 6.16. The molecule has 1 N–H and O–H groups in total. The predicted octanol–water partition coefficient (Wildman–Crippen LogP) is 1.92. The summed E-state index contributed by atoms with van der Waals surface area (Å²) in [6.45, 7) is 9.82. The van der Waals surface area contributed by atoms with Gasteiger partial charge >= 0.3 is 0 Å². The second-order valence-corrected chi connectivity index (χ2v) is 5.08. The van der Waals surface area contributed by atoms with Gasteiger partial charge in [-0.15, -0.1) is 0 Å². The summed E-state index contributed by atoms with van der Waals surface area (Å²) in [5, 5.41) is 3.56. The molecule has 1 fully saturated rings. The molecule has 0 spiro atoms. The first-order valence-electron chi connectivity index (χ1n) is 6.97. The lowest BCUT2D eigenvalue weighted by molar-refractivity contribution is 0.198. The molecule has 4 heteroatoms. The van der Waals surface area contributed by atoms with Crippen molar-refractivity contribution < 1.29 is 0 Å². The number of aryl methyl sites for hydroxylation is 1. The lowest BCUT2D eigenvalue weighted by Gasteiger charge is -2.30. The maximum atomic E-state index is 4.50. The Morgan fingerprint density at radius 2 is 2.22 bits per heavy atom. The molecule has 0 aromatic carbocycles. The van der Waals surface area contributed by atoms with Gasteiger partial charge in [0.2, 0.25) is 0 Å². The van der Waals surface area contributed by atoms with Crippen molar-refractivity contribution in [1.82, 2.24) is 20.2 Å². The summed E-state index contributed by atoms with van der Waals surface area (Å²) in [5.74, 6) is 0. The van der Waals surface area contributed by atoms with Gasteiger partial charge in [-0.2, -0.15) is 0 Å². The molecule has 1 saturated heterocycles. The van der Waals surface area contributed by atoms with Gasteiger partial charge in [-0.25, -0.2) is 0 Å². The Kier molecular flexibility index (Phi) is 4.66. The molecule has 1 aliphatic heterocycles. The quantitative estimate of drug-likeness (QED) is 0.864. The van der Waals surface area contributed by atoms with Gasteiger partial charge in [0.25, 0.3) is 0 Å². The van der Waals surface area contributed by atoms with Crippen LogP contribution in [0.2, 0.25) is 0 Å². The van der Waals surface area contributed by atoms with E-state index in [4.69, 9.17) is 0 Å². The Balaban J connectivity index is 2.04. The third-order valence-corrected chi connectivity index (χ3v) is 3.89. The molecule has 2 rings (SSSR count). The van der Waals surface area contributed by atoms with E-state index in [2.05, 4.69) is 34.0 Å². The monoisotopic (exact) mass is 248 g/mol. The first-order chi connectivity index (χ1) is 8.72. The van der Waals surface area contributed by atoms with Crippen LogP contribution in [0.3, 0.4) is 0 Å². The van der Waals surface area contributed by atoms with Crippen LogP contribution >= 0.6 is 0 Å². The highest BCUT2D eigenvalue weighted by Gasteiger charge is 2.22. The zero-order chi connectivity index (χ0) is 13.0. The molecule has 2 unspecified atom stereocenters. The van der Waals surface area contributed by atoms with Crippen LogP contribution in [0.25, 0.3) is 0 Å². The first kappa shape index (κ1) is 13.4. The van der Waals surface area contributed by atoms with E-state index in [1.54, 1.807) is 12.4 Å². The van der Waals surface area contributed by atoms with E-state index in [-0.39, 0.29) is 0 Å². The topological polar surface area (TPSA) is 41.0 Å². The molecule has 0 bridgehead atoms. The Bertz CT molecular complexity index is 374. The maximum absolute atomic E-state index is 4.50. The lowest BCUT2D eigenvalue weighted by Crippen LogP contribution is -2.39. The fourth-order valence-corrected chi connectivity index (χ4v) is 2.76. The number of rotatable bonds is 5. The van der Waals surface area contributed by atoms with Crippen LogP contribution in [-0.4, -0.2) is 40.5 Å². The lowest BCUT2D eigenvalue weighted by atomic mass is 10.1. The van der Waals surface area contributed by atoms with Crippen LogP contribution in [0.4, 0.5) is 0 Å². The zero-order valence-corrected chi connectivity index (χ0v) is 11.7. The number of aromatic nitrogens is 2. The Morgan fingerprint density at radius 1 is 1.44 bits per heavy atom. The molecule has 100 valence electrons. The van der Waals surface area contributed by atoms with Crippen LogP contribution < -0.4 is 5.32 Å². The zero-order valence-electron chi connectivity index (χ0n) is 11.7. The summed E-state index contributed by atoms with van der Waals surface area (Å²) in [7, 11) is 0. The summed E-state index contributed by atoms with van der Waals surface area (Å²) in [6, 6.07) is 0.982. The van der Waals surface area contributed by atoms with E-state index >= 15 is 0 Å². The minimum atomic E-state index is 0.339. The number of nitrogens with one attached hydrogen (secondary N) is 1. The Labute approximate surface area is 110 Å². The van der Waals surface area contributed by atoms with Crippen LogP contribution in [0.1, 0.15) is 44.1 Å². The summed E-state index contributed by atoms with van der Waals surface area (Å²) in [4.78, 5) is 11.3. The van der Waals surface area contributed by atoms with E-state index in [1.165, 1.54) is 19.4 Å². The molecule has 0 aliphatic carbocycles. The molecule has 18 heavy (non-hydrogen) atoms. The van der Waals surface area contributed by atoms with Gasteiger partial charge in [-0.1, -0.05) is 6.92 Å². The summed E-state index contributed by atoms with van der Waals surface area (Å²) < 4.78 is 0. The van der Waals surface area contributed by atoms with Crippen molar-refractivity contribution in [3.63, 3.8) is 0 Å². The highest BCUT2D eigenvalue weighted by molar-refractivity contribution is 5.12. The summed E-state index contributed by atoms with van der Waals surface area (Å²) >= 11 is 0. The van der Waals surface area contributed by atoms with Crippen LogP contribution in [0.5, 0.6) is 0 Å². The van der Waals surface area contributed by atoms with Gasteiger partial charge in [0.1, 0.15) is 0 Å². The standard InChI is InChI=1S/C14H24N4/c1-4-18(10-13-6-5-7-16-13)12(3)14-11(2)15-8-9-17-14/h8-9,12-13,16H,4-7,10H2,1-3H3. The molecular weight excluding hydrogens is 224 g/mol. The predicted molar refractivity (Wildman–Crippen MR) is 73.5 cm³/mol. The van der Waals surface area contributed by atoms with E-state index in [0.29, 0.717) is 12.1 Å².